The van der Waals surface area contributed by atoms with Crippen LogP contribution < -0.4 is 34.3 Å². The molecule has 9 heteroatoms. The summed E-state index contributed by atoms with van der Waals surface area (Å²) in [6.45, 7) is -0.383. The Balaban J connectivity index is 0.00000204. The van der Waals surface area contributed by atoms with Crippen LogP contribution in [0.3, 0.4) is 0 Å². The van der Waals surface area contributed by atoms with E-state index in [1.54, 1.807) is 6.07 Å². The molecule has 1 aliphatic rings. The summed E-state index contributed by atoms with van der Waals surface area (Å²) >= 11 is 6.15. The number of hydrogen-bond donors (Lipinski definition) is 1. The number of aromatic nitrogens is 1. The Morgan fingerprint density at radius 1 is 1.09 bits per heavy atom. The summed E-state index contributed by atoms with van der Waals surface area (Å²) in [5.41, 5.74) is 2.09. The number of nitrogens with zero attached hydrogens (tertiary/aromatic N) is 1. The van der Waals surface area contributed by atoms with Gasteiger partial charge in [0.25, 0.3) is 0 Å². The maximum Gasteiger partial charge on any atom is 1.00 e. The van der Waals surface area contributed by atoms with Crippen LogP contribution in [-0.4, -0.2) is 16.1 Å². The summed E-state index contributed by atoms with van der Waals surface area (Å²) in [5.74, 6) is -3.23. The van der Waals surface area contributed by atoms with Crippen molar-refractivity contribution in [3.63, 3.8) is 0 Å². The second kappa shape index (κ2) is 10.7. The smallest absolute Gasteiger partial charge is 1.00 e. The molecule has 4 rings (SSSR count). The number of carboxylic acids is 1. The van der Waals surface area contributed by atoms with Gasteiger partial charge in [-0.3, -0.25) is 0 Å². The van der Waals surface area contributed by atoms with E-state index in [2.05, 4.69) is 4.98 Å². The molecule has 0 aliphatic heterocycles. The third-order valence-corrected chi connectivity index (χ3v) is 5.48. The van der Waals surface area contributed by atoms with Crippen LogP contribution in [0, 0.1) is 17.5 Å². The van der Waals surface area contributed by atoms with Crippen molar-refractivity contribution in [2.24, 2.45) is 0 Å². The Morgan fingerprint density at radius 3 is 2.48 bits per heavy atom. The Kier molecular flexibility index (Phi) is 8.23. The molecule has 0 radical (unpaired) electrons. The van der Waals surface area contributed by atoms with Gasteiger partial charge in [0, 0.05) is 11.8 Å². The first kappa shape index (κ1) is 25.3. The van der Waals surface area contributed by atoms with Crippen LogP contribution in [0.15, 0.2) is 48.7 Å². The van der Waals surface area contributed by atoms with Crippen molar-refractivity contribution in [2.45, 2.75) is 25.9 Å². The fourth-order valence-electron chi connectivity index (χ4n) is 3.82. The third kappa shape index (κ3) is 5.61. The van der Waals surface area contributed by atoms with Crippen LogP contribution in [0.5, 0.6) is 5.88 Å². The van der Waals surface area contributed by atoms with Gasteiger partial charge in [0.05, 0.1) is 16.1 Å². The molecule has 0 spiro atoms. The summed E-state index contributed by atoms with van der Waals surface area (Å²) in [5, 5.41) is 9.60. The molecule has 0 saturated carbocycles. The van der Waals surface area contributed by atoms with Gasteiger partial charge in [0.2, 0.25) is 5.88 Å². The number of aromatic carboxylic acids is 1. The summed E-state index contributed by atoms with van der Waals surface area (Å²) < 4.78 is 47.7. The largest absolute Gasteiger partial charge is 1.00 e. The molecular weight excluding hydrogens is 466 g/mol. The van der Waals surface area contributed by atoms with E-state index in [4.69, 9.17) is 16.3 Å². The third-order valence-electron chi connectivity index (χ3n) is 5.27. The maximum atomic E-state index is 14.1. The zero-order valence-corrected chi connectivity index (χ0v) is 20.4. The van der Waals surface area contributed by atoms with Crippen molar-refractivity contribution in [3.05, 3.63) is 93.4 Å². The van der Waals surface area contributed by atoms with Gasteiger partial charge in [0.1, 0.15) is 24.1 Å². The molecule has 1 aliphatic carbocycles. The monoisotopic (exact) mass is 483 g/mol. The SMILES string of the molecule is O=C(O)c1cc(F)cc(C2=C(c3cc(Cl)cnc3OCc3c(F)cccc3F)CCC2)c1.[H-].[Na+]. The van der Waals surface area contributed by atoms with Crippen LogP contribution in [0.4, 0.5) is 13.2 Å². The van der Waals surface area contributed by atoms with Gasteiger partial charge < -0.3 is 11.3 Å². The van der Waals surface area contributed by atoms with E-state index in [9.17, 15) is 23.1 Å². The average molecular weight is 484 g/mol. The summed E-state index contributed by atoms with van der Waals surface area (Å²) in [7, 11) is 0. The second-order valence-corrected chi connectivity index (χ2v) is 7.78. The quantitative estimate of drug-likeness (QED) is 0.544. The van der Waals surface area contributed by atoms with E-state index in [0.717, 1.165) is 35.8 Å². The maximum absolute atomic E-state index is 14.1. The van der Waals surface area contributed by atoms with Crippen LogP contribution in [0.25, 0.3) is 11.1 Å². The van der Waals surface area contributed by atoms with E-state index < -0.39 is 23.4 Å². The predicted octanol–water partition coefficient (Wildman–Crippen LogP) is 3.64. The number of benzene rings is 2. The van der Waals surface area contributed by atoms with Crippen molar-refractivity contribution in [1.82, 2.24) is 4.98 Å². The molecule has 1 heterocycles. The van der Waals surface area contributed by atoms with Crippen molar-refractivity contribution in [2.75, 3.05) is 0 Å². The Hall–Kier alpha value is -2.32. The predicted molar refractivity (Wildman–Crippen MR) is 115 cm³/mol. The standard InChI is InChI=1S/C24H17ClF3NO3.Na.H/c25-15-10-19(23(29-11-15)32-12-20-21(27)5-2-6-22(20)28)18-4-1-3-17(18)13-7-14(24(30)31)9-16(26)8-13;;/h2,5-11H,1,3-4,12H2,(H,30,31);;/q;+1;-1. The summed E-state index contributed by atoms with van der Waals surface area (Å²) in [6.07, 6.45) is 3.29. The molecule has 2 aromatic carbocycles. The van der Waals surface area contributed by atoms with E-state index in [0.29, 0.717) is 29.0 Å². The van der Waals surface area contributed by atoms with Crippen LogP contribution >= 0.6 is 11.6 Å². The number of pyridine rings is 1. The number of hydrogen-bond acceptors (Lipinski definition) is 3. The van der Waals surface area contributed by atoms with Crippen LogP contribution in [-0.2, 0) is 6.61 Å². The number of carboxylic acid groups (broad SMARTS) is 1. The first-order valence-corrected chi connectivity index (χ1v) is 10.2. The topological polar surface area (TPSA) is 59.4 Å². The van der Waals surface area contributed by atoms with Gasteiger partial charge in [0.15, 0.2) is 0 Å². The van der Waals surface area contributed by atoms with Gasteiger partial charge in [-0.2, -0.15) is 0 Å². The van der Waals surface area contributed by atoms with Crippen LogP contribution in [0.2, 0.25) is 5.02 Å². The Labute approximate surface area is 216 Å². The minimum Gasteiger partial charge on any atom is -1.00 e. The molecule has 0 bridgehead atoms. The van der Waals surface area contributed by atoms with E-state index in [1.165, 1.54) is 24.4 Å². The number of halogens is 4. The fourth-order valence-corrected chi connectivity index (χ4v) is 3.97. The molecule has 0 amide bonds. The molecule has 1 N–H and O–H groups in total. The van der Waals surface area contributed by atoms with Gasteiger partial charge in [-0.05, 0) is 72.4 Å². The molecule has 0 atom stereocenters. The molecule has 1 aromatic heterocycles. The van der Waals surface area contributed by atoms with Crippen LogP contribution in [0.1, 0.15) is 47.7 Å². The zero-order chi connectivity index (χ0) is 22.8. The summed E-state index contributed by atoms with van der Waals surface area (Å²) in [4.78, 5) is 15.5. The first-order valence-electron chi connectivity index (χ1n) is 9.81. The normalized spacial score (nSPS) is 13.1. The number of ether oxygens (including phenoxy) is 1. The molecule has 4 nitrogen and oxygen atoms in total. The van der Waals surface area contributed by atoms with E-state index in [1.807, 2.05) is 0 Å². The summed E-state index contributed by atoms with van der Waals surface area (Å²) in [6, 6.07) is 8.82. The van der Waals surface area contributed by atoms with E-state index in [-0.39, 0.29) is 54.6 Å². The minimum absolute atomic E-state index is 0. The number of rotatable bonds is 6. The van der Waals surface area contributed by atoms with Crippen molar-refractivity contribution >= 4 is 28.7 Å². The molecule has 3 aromatic rings. The number of allylic oxidation sites excluding steroid dienone is 2. The molecule has 166 valence electrons. The average Bonchev–Trinajstić information content (AvgIpc) is 3.23. The fraction of sp³-hybridized carbons (Fsp3) is 0.167. The van der Waals surface area contributed by atoms with Gasteiger partial charge in [-0.25, -0.2) is 22.9 Å². The molecule has 33 heavy (non-hydrogen) atoms. The minimum atomic E-state index is -1.23. The Bertz CT molecular complexity index is 1240. The van der Waals surface area contributed by atoms with Gasteiger partial charge >= 0.3 is 35.5 Å². The van der Waals surface area contributed by atoms with Crippen molar-refractivity contribution in [3.8, 4) is 5.88 Å². The van der Waals surface area contributed by atoms with Crippen molar-refractivity contribution < 1.29 is 58.8 Å². The molecule has 0 unspecified atom stereocenters. The van der Waals surface area contributed by atoms with Crippen molar-refractivity contribution in [1.29, 1.82) is 0 Å². The Morgan fingerprint density at radius 2 is 1.79 bits per heavy atom. The van der Waals surface area contributed by atoms with E-state index >= 15 is 0 Å². The first-order chi connectivity index (χ1) is 15.3. The second-order valence-electron chi connectivity index (χ2n) is 7.34. The molecule has 0 fully saturated rings. The molecular formula is C24H18ClF3NNaO3. The molecule has 0 saturated heterocycles. The van der Waals surface area contributed by atoms with Gasteiger partial charge in [-0.1, -0.05) is 17.7 Å². The van der Waals surface area contributed by atoms with Gasteiger partial charge in [-0.15, -0.1) is 0 Å². The zero-order valence-electron chi connectivity index (χ0n) is 18.7. The number of carbonyl (C=O) groups is 1.